The van der Waals surface area contributed by atoms with Crippen LogP contribution in [0.15, 0.2) is 0 Å². The van der Waals surface area contributed by atoms with E-state index in [1.54, 1.807) is 0 Å². The standard InChI is InChI=1S/C12H23N3O/c1-15-7-3-2-4-11(15)8-13-9-12(16)14-10-5-6-10/h10-11,13H,2-9H2,1H3,(H,14,16). The third kappa shape index (κ3) is 3.76. The molecule has 0 aromatic heterocycles. The van der Waals surface area contributed by atoms with E-state index in [-0.39, 0.29) is 5.91 Å². The first-order valence-electron chi connectivity index (χ1n) is 6.46. The average molecular weight is 225 g/mol. The Balaban J connectivity index is 1.57. The summed E-state index contributed by atoms with van der Waals surface area (Å²) in [5, 5.41) is 6.25. The van der Waals surface area contributed by atoms with Gasteiger partial charge in [-0.15, -0.1) is 0 Å². The molecule has 2 fully saturated rings. The zero-order valence-electron chi connectivity index (χ0n) is 10.2. The van der Waals surface area contributed by atoms with Gasteiger partial charge in [0, 0.05) is 18.6 Å². The largest absolute Gasteiger partial charge is 0.352 e. The van der Waals surface area contributed by atoms with Crippen LogP contribution in [0.4, 0.5) is 0 Å². The Morgan fingerprint density at radius 2 is 2.12 bits per heavy atom. The van der Waals surface area contributed by atoms with Crippen molar-refractivity contribution in [3.05, 3.63) is 0 Å². The number of carbonyl (C=O) groups is 1. The first kappa shape index (κ1) is 11.9. The lowest BCUT2D eigenvalue weighted by molar-refractivity contribution is -0.120. The van der Waals surface area contributed by atoms with Crippen LogP contribution in [-0.2, 0) is 4.79 Å². The monoisotopic (exact) mass is 225 g/mol. The molecule has 1 amide bonds. The van der Waals surface area contributed by atoms with Crippen molar-refractivity contribution in [1.29, 1.82) is 0 Å². The highest BCUT2D eigenvalue weighted by molar-refractivity contribution is 5.78. The van der Waals surface area contributed by atoms with Gasteiger partial charge in [-0.25, -0.2) is 0 Å². The van der Waals surface area contributed by atoms with Crippen LogP contribution in [0.25, 0.3) is 0 Å². The first-order chi connectivity index (χ1) is 7.75. The van der Waals surface area contributed by atoms with Crippen LogP contribution in [0.2, 0.25) is 0 Å². The summed E-state index contributed by atoms with van der Waals surface area (Å²) >= 11 is 0. The van der Waals surface area contributed by atoms with E-state index in [0.29, 0.717) is 18.6 Å². The SMILES string of the molecule is CN1CCCCC1CNCC(=O)NC1CC1. The van der Waals surface area contributed by atoms with Crippen molar-refractivity contribution in [2.75, 3.05) is 26.7 Å². The third-order valence-corrected chi connectivity index (χ3v) is 3.53. The summed E-state index contributed by atoms with van der Waals surface area (Å²) < 4.78 is 0. The van der Waals surface area contributed by atoms with Crippen LogP contribution in [0.1, 0.15) is 32.1 Å². The van der Waals surface area contributed by atoms with Crippen LogP contribution in [0.3, 0.4) is 0 Å². The van der Waals surface area contributed by atoms with E-state index in [9.17, 15) is 4.79 Å². The van der Waals surface area contributed by atoms with E-state index >= 15 is 0 Å². The van der Waals surface area contributed by atoms with Gasteiger partial charge in [0.15, 0.2) is 0 Å². The molecule has 4 heteroatoms. The molecule has 1 unspecified atom stereocenters. The second-order valence-corrected chi connectivity index (χ2v) is 5.10. The fourth-order valence-electron chi connectivity index (χ4n) is 2.26. The summed E-state index contributed by atoms with van der Waals surface area (Å²) in [5.41, 5.74) is 0. The van der Waals surface area contributed by atoms with Gasteiger partial charge in [-0.1, -0.05) is 6.42 Å². The molecule has 2 aliphatic rings. The summed E-state index contributed by atoms with van der Waals surface area (Å²) in [5.74, 6) is 0.154. The van der Waals surface area contributed by atoms with Crippen molar-refractivity contribution in [3.8, 4) is 0 Å². The summed E-state index contributed by atoms with van der Waals surface area (Å²) in [6, 6.07) is 1.09. The molecule has 0 bridgehead atoms. The highest BCUT2D eigenvalue weighted by atomic mass is 16.2. The Bertz CT molecular complexity index is 240. The summed E-state index contributed by atoms with van der Waals surface area (Å²) in [6.45, 7) is 2.61. The molecule has 1 aliphatic carbocycles. The van der Waals surface area contributed by atoms with E-state index in [1.165, 1.54) is 25.8 Å². The number of hydrogen-bond acceptors (Lipinski definition) is 3. The van der Waals surface area contributed by atoms with E-state index in [4.69, 9.17) is 0 Å². The van der Waals surface area contributed by atoms with Crippen LogP contribution >= 0.6 is 0 Å². The van der Waals surface area contributed by atoms with Gasteiger partial charge in [-0.3, -0.25) is 4.79 Å². The zero-order valence-corrected chi connectivity index (χ0v) is 10.2. The molecule has 1 saturated carbocycles. The molecular weight excluding hydrogens is 202 g/mol. The van der Waals surface area contributed by atoms with Gasteiger partial charge >= 0.3 is 0 Å². The van der Waals surface area contributed by atoms with Gasteiger partial charge in [0.25, 0.3) is 0 Å². The number of likely N-dealkylation sites (N-methyl/N-ethyl adjacent to an activating group) is 1. The molecule has 0 radical (unpaired) electrons. The van der Waals surface area contributed by atoms with E-state index < -0.39 is 0 Å². The number of nitrogens with zero attached hydrogens (tertiary/aromatic N) is 1. The maximum absolute atomic E-state index is 11.4. The summed E-state index contributed by atoms with van der Waals surface area (Å²) in [6.07, 6.45) is 6.22. The average Bonchev–Trinajstić information content (AvgIpc) is 3.05. The summed E-state index contributed by atoms with van der Waals surface area (Å²) in [4.78, 5) is 13.8. The fraction of sp³-hybridized carbons (Fsp3) is 0.917. The molecule has 92 valence electrons. The zero-order chi connectivity index (χ0) is 11.4. The molecule has 0 aromatic rings. The number of piperidine rings is 1. The Labute approximate surface area is 97.8 Å². The Hall–Kier alpha value is -0.610. The lowest BCUT2D eigenvalue weighted by Crippen LogP contribution is -2.45. The molecule has 2 rings (SSSR count). The first-order valence-corrected chi connectivity index (χ1v) is 6.46. The molecule has 1 heterocycles. The minimum atomic E-state index is 0.154. The highest BCUT2D eigenvalue weighted by Gasteiger charge is 2.23. The molecule has 16 heavy (non-hydrogen) atoms. The molecule has 2 N–H and O–H groups in total. The minimum absolute atomic E-state index is 0.154. The quantitative estimate of drug-likeness (QED) is 0.709. The number of likely N-dealkylation sites (tertiary alicyclic amines) is 1. The lowest BCUT2D eigenvalue weighted by atomic mass is 10.0. The van der Waals surface area contributed by atoms with E-state index in [0.717, 1.165) is 19.4 Å². The van der Waals surface area contributed by atoms with Crippen molar-refractivity contribution < 1.29 is 4.79 Å². The Morgan fingerprint density at radius 1 is 1.31 bits per heavy atom. The molecule has 4 nitrogen and oxygen atoms in total. The van der Waals surface area contributed by atoms with Crippen LogP contribution < -0.4 is 10.6 Å². The summed E-state index contributed by atoms with van der Waals surface area (Å²) in [7, 11) is 2.18. The van der Waals surface area contributed by atoms with Crippen molar-refractivity contribution in [1.82, 2.24) is 15.5 Å². The topological polar surface area (TPSA) is 44.4 Å². The number of amides is 1. The fourth-order valence-corrected chi connectivity index (χ4v) is 2.26. The Kier molecular flexibility index (Phi) is 4.18. The molecule has 1 saturated heterocycles. The van der Waals surface area contributed by atoms with Gasteiger partial charge in [0.1, 0.15) is 0 Å². The van der Waals surface area contributed by atoms with E-state index in [2.05, 4.69) is 22.6 Å². The molecule has 1 atom stereocenters. The number of rotatable bonds is 5. The minimum Gasteiger partial charge on any atom is -0.352 e. The maximum atomic E-state index is 11.4. The van der Waals surface area contributed by atoms with Crippen molar-refractivity contribution >= 4 is 5.91 Å². The predicted octanol–water partition coefficient (Wildman–Crippen LogP) is 0.339. The number of carbonyl (C=O) groups excluding carboxylic acids is 1. The predicted molar refractivity (Wildman–Crippen MR) is 64.3 cm³/mol. The van der Waals surface area contributed by atoms with Gasteiger partial charge in [0.2, 0.25) is 5.91 Å². The van der Waals surface area contributed by atoms with Crippen LogP contribution in [0.5, 0.6) is 0 Å². The van der Waals surface area contributed by atoms with Gasteiger partial charge in [-0.05, 0) is 39.3 Å². The van der Waals surface area contributed by atoms with Crippen LogP contribution in [-0.4, -0.2) is 49.6 Å². The maximum Gasteiger partial charge on any atom is 0.234 e. The second kappa shape index (κ2) is 5.64. The lowest BCUT2D eigenvalue weighted by Gasteiger charge is -2.32. The normalized spacial score (nSPS) is 26.7. The van der Waals surface area contributed by atoms with Gasteiger partial charge < -0.3 is 15.5 Å². The number of nitrogens with one attached hydrogen (secondary N) is 2. The van der Waals surface area contributed by atoms with Crippen LogP contribution in [0, 0.1) is 0 Å². The molecule has 0 aromatic carbocycles. The second-order valence-electron chi connectivity index (χ2n) is 5.10. The number of hydrogen-bond donors (Lipinski definition) is 2. The smallest absolute Gasteiger partial charge is 0.234 e. The van der Waals surface area contributed by atoms with E-state index in [1.807, 2.05) is 0 Å². The molecule has 0 spiro atoms. The molecule has 1 aliphatic heterocycles. The van der Waals surface area contributed by atoms with Gasteiger partial charge in [-0.2, -0.15) is 0 Å². The Morgan fingerprint density at radius 3 is 2.81 bits per heavy atom. The van der Waals surface area contributed by atoms with Crippen molar-refractivity contribution in [2.45, 2.75) is 44.2 Å². The van der Waals surface area contributed by atoms with Crippen molar-refractivity contribution in [3.63, 3.8) is 0 Å². The van der Waals surface area contributed by atoms with Crippen molar-refractivity contribution in [2.24, 2.45) is 0 Å². The van der Waals surface area contributed by atoms with Gasteiger partial charge in [0.05, 0.1) is 6.54 Å². The molecular formula is C12H23N3O. The third-order valence-electron chi connectivity index (χ3n) is 3.53. The highest BCUT2D eigenvalue weighted by Crippen LogP contribution is 2.18.